The lowest BCUT2D eigenvalue weighted by Gasteiger charge is -2.22. The van der Waals surface area contributed by atoms with Crippen molar-refractivity contribution in [3.63, 3.8) is 0 Å². The molecule has 6 heteroatoms. The van der Waals surface area contributed by atoms with E-state index in [1.165, 1.54) is 13.3 Å². The summed E-state index contributed by atoms with van der Waals surface area (Å²) >= 11 is 6.05. The Balaban J connectivity index is 1.97. The molecule has 2 aromatic rings. The fraction of sp³-hybridized carbons (Fsp3) is 0.438. The van der Waals surface area contributed by atoms with Crippen LogP contribution in [0.5, 0.6) is 0 Å². The molecule has 5 nitrogen and oxygen atoms in total. The molecule has 2 atom stereocenters. The zero-order valence-corrected chi connectivity index (χ0v) is 13.2. The summed E-state index contributed by atoms with van der Waals surface area (Å²) in [7, 11) is 1.72. The molecular weight excluding hydrogens is 302 g/mol. The van der Waals surface area contributed by atoms with E-state index in [0.717, 1.165) is 24.9 Å². The molecule has 0 amide bonds. The number of hydrogen-bond donors (Lipinski definition) is 0. The Hall–Kier alpha value is -1.88. The fourth-order valence-corrected chi connectivity index (χ4v) is 3.66. The van der Waals surface area contributed by atoms with Gasteiger partial charge in [0.05, 0.1) is 10.9 Å². The minimum Gasteiger partial charge on any atom is -0.342 e. The number of benzene rings is 1. The van der Waals surface area contributed by atoms with Crippen molar-refractivity contribution >= 4 is 34.2 Å². The zero-order valence-electron chi connectivity index (χ0n) is 12.5. The lowest BCUT2D eigenvalue weighted by molar-refractivity contribution is 0.101. The lowest BCUT2D eigenvalue weighted by atomic mass is 10.1. The van der Waals surface area contributed by atoms with Crippen LogP contribution in [0.15, 0.2) is 16.9 Å². The Morgan fingerprint density at radius 3 is 2.64 bits per heavy atom. The van der Waals surface area contributed by atoms with E-state index in [4.69, 9.17) is 11.6 Å². The van der Waals surface area contributed by atoms with E-state index in [1.807, 2.05) is 0 Å². The van der Waals surface area contributed by atoms with E-state index < -0.39 is 0 Å². The van der Waals surface area contributed by atoms with Crippen LogP contribution >= 0.6 is 11.6 Å². The van der Waals surface area contributed by atoms with Crippen LogP contribution in [0.2, 0.25) is 5.02 Å². The summed E-state index contributed by atoms with van der Waals surface area (Å²) in [5.74, 6) is 1.99. The molecule has 0 bridgehead atoms. The first kappa shape index (κ1) is 13.8. The average Bonchev–Trinajstić information content (AvgIpc) is 3.08. The van der Waals surface area contributed by atoms with Crippen LogP contribution in [0.4, 0.5) is 5.95 Å². The van der Waals surface area contributed by atoms with Gasteiger partial charge >= 0.3 is 0 Å². The maximum Gasteiger partial charge on any atom is 0.262 e. The molecule has 4 rings (SSSR count). The Bertz CT molecular complexity index is 864. The number of Topliss-reactive ketones (excluding diaryl/α,β-unsaturated/α-hetero) is 1. The Morgan fingerprint density at radius 1 is 1.32 bits per heavy atom. The summed E-state index contributed by atoms with van der Waals surface area (Å²) in [6.07, 6.45) is 1.28. The van der Waals surface area contributed by atoms with Gasteiger partial charge in [-0.1, -0.05) is 11.6 Å². The number of hydrogen-bond acceptors (Lipinski definition) is 4. The Morgan fingerprint density at radius 2 is 2.00 bits per heavy atom. The van der Waals surface area contributed by atoms with Gasteiger partial charge in [-0.25, -0.2) is 4.98 Å². The third-order valence-electron chi connectivity index (χ3n) is 4.76. The molecule has 0 spiro atoms. The molecule has 114 valence electrons. The number of halogens is 1. The van der Waals surface area contributed by atoms with Gasteiger partial charge in [-0.05, 0) is 37.3 Å². The maximum atomic E-state index is 12.7. The number of carbonyl (C=O) groups excluding carboxylic acids is 1. The van der Waals surface area contributed by atoms with Gasteiger partial charge < -0.3 is 4.90 Å². The van der Waals surface area contributed by atoms with E-state index in [9.17, 15) is 9.59 Å². The number of piperidine rings is 1. The van der Waals surface area contributed by atoms with Crippen LogP contribution in [-0.4, -0.2) is 28.4 Å². The quantitative estimate of drug-likeness (QED) is 0.797. The molecular formula is C16H16ClN3O2. The highest BCUT2D eigenvalue weighted by atomic mass is 35.5. The largest absolute Gasteiger partial charge is 0.342 e. The molecule has 0 N–H and O–H groups in total. The van der Waals surface area contributed by atoms with Gasteiger partial charge in [0.25, 0.3) is 5.56 Å². The maximum absolute atomic E-state index is 12.7. The third-order valence-corrected chi connectivity index (χ3v) is 4.98. The monoisotopic (exact) mass is 317 g/mol. The minimum absolute atomic E-state index is 0.136. The van der Waals surface area contributed by atoms with Crippen molar-refractivity contribution < 1.29 is 4.79 Å². The predicted octanol–water partition coefficient (Wildman–Crippen LogP) is 2.25. The summed E-state index contributed by atoms with van der Waals surface area (Å²) in [6, 6.07) is 3.17. The van der Waals surface area contributed by atoms with E-state index in [-0.39, 0.29) is 11.3 Å². The average molecular weight is 318 g/mol. The van der Waals surface area contributed by atoms with Crippen LogP contribution in [0, 0.1) is 11.8 Å². The summed E-state index contributed by atoms with van der Waals surface area (Å²) in [4.78, 5) is 31.3. The van der Waals surface area contributed by atoms with Crippen molar-refractivity contribution in [1.29, 1.82) is 0 Å². The number of nitrogens with zero attached hydrogens (tertiary/aromatic N) is 3. The smallest absolute Gasteiger partial charge is 0.262 e. The molecule has 0 radical (unpaired) electrons. The van der Waals surface area contributed by atoms with E-state index >= 15 is 0 Å². The molecule has 22 heavy (non-hydrogen) atoms. The van der Waals surface area contributed by atoms with Crippen LogP contribution in [-0.2, 0) is 7.05 Å². The molecule has 2 aliphatic rings. The number of carbonyl (C=O) groups is 1. The van der Waals surface area contributed by atoms with Crippen molar-refractivity contribution in [3.8, 4) is 0 Å². The van der Waals surface area contributed by atoms with E-state index in [2.05, 4.69) is 9.88 Å². The number of aromatic nitrogens is 2. The van der Waals surface area contributed by atoms with Crippen molar-refractivity contribution in [3.05, 3.63) is 33.1 Å². The highest BCUT2D eigenvalue weighted by molar-refractivity contribution is 6.32. The van der Waals surface area contributed by atoms with E-state index in [1.54, 1.807) is 23.7 Å². The first-order valence-corrected chi connectivity index (χ1v) is 7.79. The van der Waals surface area contributed by atoms with Crippen LogP contribution in [0.1, 0.15) is 23.7 Å². The number of ketones is 1. The van der Waals surface area contributed by atoms with Gasteiger partial charge in [0.2, 0.25) is 5.95 Å². The van der Waals surface area contributed by atoms with Crippen LogP contribution < -0.4 is 10.5 Å². The molecule has 1 saturated heterocycles. The highest BCUT2D eigenvalue weighted by Crippen LogP contribution is 2.45. The normalized spacial score (nSPS) is 23.0. The molecule has 1 saturated carbocycles. The Labute approximate surface area is 132 Å². The van der Waals surface area contributed by atoms with Gasteiger partial charge in [0.15, 0.2) is 5.78 Å². The Kier molecular flexibility index (Phi) is 2.85. The molecule has 2 heterocycles. The topological polar surface area (TPSA) is 55.2 Å². The fourth-order valence-electron chi connectivity index (χ4n) is 3.44. The second-order valence-corrected chi connectivity index (χ2v) is 6.78. The summed E-state index contributed by atoms with van der Waals surface area (Å²) in [5, 5.41) is 0.778. The summed E-state index contributed by atoms with van der Waals surface area (Å²) in [5.41, 5.74) is 0.701. The summed E-state index contributed by atoms with van der Waals surface area (Å²) < 4.78 is 1.56. The summed E-state index contributed by atoms with van der Waals surface area (Å²) in [6.45, 7) is 3.36. The minimum atomic E-state index is -0.162. The molecule has 1 aromatic carbocycles. The van der Waals surface area contributed by atoms with Crippen LogP contribution in [0.3, 0.4) is 0 Å². The SMILES string of the molecule is CC(=O)c1cc(Cl)cc2c(=O)n(C)c(N3CC4CC4C3)nc12. The first-order chi connectivity index (χ1) is 10.5. The van der Waals surface area contributed by atoms with Crippen molar-refractivity contribution in [2.24, 2.45) is 18.9 Å². The third kappa shape index (κ3) is 1.96. The lowest BCUT2D eigenvalue weighted by Crippen LogP contribution is -2.31. The first-order valence-electron chi connectivity index (χ1n) is 7.42. The second kappa shape index (κ2) is 4.56. The van der Waals surface area contributed by atoms with Gasteiger partial charge in [-0.15, -0.1) is 0 Å². The zero-order chi connectivity index (χ0) is 15.6. The molecule has 1 aromatic heterocycles. The van der Waals surface area contributed by atoms with Gasteiger partial charge in [-0.2, -0.15) is 0 Å². The second-order valence-electron chi connectivity index (χ2n) is 6.34. The predicted molar refractivity (Wildman–Crippen MR) is 85.8 cm³/mol. The standard InChI is InChI=1S/C16H16ClN3O2/c1-8(21)12-4-11(17)5-13-14(12)18-16(19(2)15(13)22)20-6-9-3-10(9)7-20/h4-5,9-10H,3,6-7H2,1-2H3. The van der Waals surface area contributed by atoms with Crippen molar-refractivity contribution in [2.45, 2.75) is 13.3 Å². The molecule has 2 fully saturated rings. The number of rotatable bonds is 2. The number of anilines is 1. The van der Waals surface area contributed by atoms with E-state index in [0.29, 0.717) is 27.4 Å². The van der Waals surface area contributed by atoms with Gasteiger partial charge in [0, 0.05) is 30.7 Å². The van der Waals surface area contributed by atoms with Gasteiger partial charge in [-0.3, -0.25) is 14.2 Å². The highest BCUT2D eigenvalue weighted by Gasteiger charge is 2.46. The van der Waals surface area contributed by atoms with Crippen molar-refractivity contribution in [2.75, 3.05) is 18.0 Å². The molecule has 1 aliphatic carbocycles. The van der Waals surface area contributed by atoms with Crippen molar-refractivity contribution in [1.82, 2.24) is 9.55 Å². The number of fused-ring (bicyclic) bond motifs is 2. The van der Waals surface area contributed by atoms with Crippen LogP contribution in [0.25, 0.3) is 10.9 Å². The molecule has 1 aliphatic heterocycles. The molecule has 2 unspecified atom stereocenters. The van der Waals surface area contributed by atoms with Gasteiger partial charge in [0.1, 0.15) is 0 Å².